The number of hydrogen-bond acceptors (Lipinski definition) is 4. The van der Waals surface area contributed by atoms with Crippen LogP contribution < -0.4 is 5.32 Å². The number of rotatable bonds is 2. The van der Waals surface area contributed by atoms with Crippen LogP contribution in [-0.4, -0.2) is 16.7 Å². The van der Waals surface area contributed by atoms with Crippen molar-refractivity contribution in [3.8, 4) is 0 Å². The Bertz CT molecular complexity index is 472. The van der Waals surface area contributed by atoms with Gasteiger partial charge in [-0.2, -0.15) is 0 Å². The molecule has 4 nitrogen and oxygen atoms in total. The van der Waals surface area contributed by atoms with Crippen molar-refractivity contribution in [1.82, 2.24) is 4.98 Å². The van der Waals surface area contributed by atoms with E-state index in [2.05, 4.69) is 16.4 Å². The van der Waals surface area contributed by atoms with E-state index in [1.807, 2.05) is 20.8 Å². The number of carbonyl (C=O) groups excluding carboxylic acids is 1. The van der Waals surface area contributed by atoms with Crippen LogP contribution in [0.1, 0.15) is 45.0 Å². The molecule has 2 rings (SSSR count). The largest absolute Gasteiger partial charge is 0.444 e. The van der Waals surface area contributed by atoms with Crippen molar-refractivity contribution in [2.75, 3.05) is 5.32 Å². The molecule has 1 N–H and O–H groups in total. The molecule has 0 bridgehead atoms. The van der Waals surface area contributed by atoms with Crippen molar-refractivity contribution in [2.45, 2.75) is 45.6 Å². The number of allylic oxidation sites excluding steroid dienone is 2. The van der Waals surface area contributed by atoms with Crippen molar-refractivity contribution in [3.63, 3.8) is 0 Å². The molecule has 1 aliphatic rings. The maximum atomic E-state index is 11.6. The number of nitrogens with one attached hydrogen (secondary N) is 1. The molecule has 1 heterocycles. The number of anilines is 1. The Balaban J connectivity index is 1.96. The van der Waals surface area contributed by atoms with E-state index in [0.29, 0.717) is 0 Å². The summed E-state index contributed by atoms with van der Waals surface area (Å²) in [4.78, 5) is 15.9. The second-order valence-corrected chi connectivity index (χ2v) is 6.31. The van der Waals surface area contributed by atoms with Crippen molar-refractivity contribution in [3.05, 3.63) is 17.3 Å². The summed E-state index contributed by atoms with van der Waals surface area (Å²) in [7, 11) is 0. The maximum Gasteiger partial charge on any atom is 0.412 e. The van der Waals surface area contributed by atoms with E-state index in [1.54, 1.807) is 6.20 Å². The third-order valence-corrected chi connectivity index (χ3v) is 3.43. The SMILES string of the molecule is CC(C)(C)OC(=O)Nc1cnc(C2=CCCC2)s1. The highest BCUT2D eigenvalue weighted by molar-refractivity contribution is 7.16. The van der Waals surface area contributed by atoms with Crippen LogP contribution in [0.3, 0.4) is 0 Å². The first-order valence-corrected chi connectivity index (χ1v) is 6.91. The van der Waals surface area contributed by atoms with Crippen molar-refractivity contribution >= 4 is 28.0 Å². The monoisotopic (exact) mass is 266 g/mol. The lowest BCUT2D eigenvalue weighted by molar-refractivity contribution is 0.0636. The standard InChI is InChI=1S/C13H18N2O2S/c1-13(2,3)17-12(16)15-10-8-14-11(18-10)9-6-4-5-7-9/h6,8H,4-5,7H2,1-3H3,(H,15,16). The molecule has 1 aromatic heterocycles. The number of aromatic nitrogens is 1. The second-order valence-electron chi connectivity index (χ2n) is 5.28. The van der Waals surface area contributed by atoms with Crippen molar-refractivity contribution < 1.29 is 9.53 Å². The highest BCUT2D eigenvalue weighted by Gasteiger charge is 2.17. The van der Waals surface area contributed by atoms with Crippen LogP contribution >= 0.6 is 11.3 Å². The molecule has 1 aromatic rings. The highest BCUT2D eigenvalue weighted by Crippen LogP contribution is 2.32. The highest BCUT2D eigenvalue weighted by atomic mass is 32.1. The molecule has 0 unspecified atom stereocenters. The van der Waals surface area contributed by atoms with Gasteiger partial charge in [0, 0.05) is 0 Å². The summed E-state index contributed by atoms with van der Waals surface area (Å²) in [5, 5.41) is 4.44. The van der Waals surface area contributed by atoms with Gasteiger partial charge < -0.3 is 4.74 Å². The minimum Gasteiger partial charge on any atom is -0.444 e. The van der Waals surface area contributed by atoms with Gasteiger partial charge in [0.25, 0.3) is 0 Å². The van der Waals surface area contributed by atoms with Gasteiger partial charge in [-0.25, -0.2) is 9.78 Å². The molecule has 5 heteroatoms. The fourth-order valence-corrected chi connectivity index (χ4v) is 2.62. The zero-order valence-electron chi connectivity index (χ0n) is 10.9. The molecule has 1 aliphatic carbocycles. The number of amides is 1. The van der Waals surface area contributed by atoms with Crippen LogP contribution in [0.5, 0.6) is 0 Å². The summed E-state index contributed by atoms with van der Waals surface area (Å²) in [6.45, 7) is 5.52. The predicted octanol–water partition coefficient (Wildman–Crippen LogP) is 4.06. The van der Waals surface area contributed by atoms with E-state index in [0.717, 1.165) is 22.9 Å². The molecule has 0 saturated heterocycles. The van der Waals surface area contributed by atoms with Crippen LogP contribution in [-0.2, 0) is 4.74 Å². The number of carbonyl (C=O) groups is 1. The summed E-state index contributed by atoms with van der Waals surface area (Å²) < 4.78 is 5.19. The quantitative estimate of drug-likeness (QED) is 0.878. The molecule has 18 heavy (non-hydrogen) atoms. The summed E-state index contributed by atoms with van der Waals surface area (Å²) in [6.07, 6.45) is 6.88. The van der Waals surface area contributed by atoms with Crippen LogP contribution in [0.2, 0.25) is 0 Å². The van der Waals surface area contributed by atoms with E-state index in [1.165, 1.54) is 23.3 Å². The number of nitrogens with zero attached hydrogens (tertiary/aromatic N) is 1. The van der Waals surface area contributed by atoms with Crippen LogP contribution in [0, 0.1) is 0 Å². The molecule has 0 fully saturated rings. The average Bonchev–Trinajstić information content (AvgIpc) is 2.82. The molecule has 1 amide bonds. The number of hydrogen-bond donors (Lipinski definition) is 1. The molecule has 0 aromatic carbocycles. The Labute approximate surface area is 111 Å². The summed E-state index contributed by atoms with van der Waals surface area (Å²) in [6, 6.07) is 0. The normalized spacial score (nSPS) is 15.4. The van der Waals surface area contributed by atoms with Crippen LogP contribution in [0.4, 0.5) is 9.80 Å². The molecule has 98 valence electrons. The Morgan fingerprint density at radius 2 is 2.28 bits per heavy atom. The summed E-state index contributed by atoms with van der Waals surface area (Å²) >= 11 is 1.49. The third kappa shape index (κ3) is 3.57. The average molecular weight is 266 g/mol. The zero-order valence-corrected chi connectivity index (χ0v) is 11.8. The lowest BCUT2D eigenvalue weighted by Crippen LogP contribution is -2.26. The molecular formula is C13H18N2O2S. The fourth-order valence-electron chi connectivity index (χ4n) is 1.75. The molecule has 0 spiro atoms. The first-order valence-electron chi connectivity index (χ1n) is 6.09. The van der Waals surface area contributed by atoms with Gasteiger partial charge in [0.2, 0.25) is 0 Å². The fraction of sp³-hybridized carbons (Fsp3) is 0.538. The van der Waals surface area contributed by atoms with E-state index in [9.17, 15) is 4.79 Å². The van der Waals surface area contributed by atoms with Crippen molar-refractivity contribution in [1.29, 1.82) is 0 Å². The summed E-state index contributed by atoms with van der Waals surface area (Å²) in [5.41, 5.74) is 0.809. The minimum atomic E-state index is -0.481. The van der Waals surface area contributed by atoms with E-state index in [4.69, 9.17) is 4.74 Å². The van der Waals surface area contributed by atoms with Crippen LogP contribution in [0.15, 0.2) is 12.3 Å². The van der Waals surface area contributed by atoms with Gasteiger partial charge in [-0.15, -0.1) is 0 Å². The first kappa shape index (κ1) is 13.1. The molecule has 0 atom stereocenters. The van der Waals surface area contributed by atoms with Gasteiger partial charge in [0.05, 0.1) is 6.20 Å². The lowest BCUT2D eigenvalue weighted by Gasteiger charge is -2.19. The smallest absolute Gasteiger partial charge is 0.412 e. The van der Waals surface area contributed by atoms with Gasteiger partial charge in [-0.3, -0.25) is 5.32 Å². The third-order valence-electron chi connectivity index (χ3n) is 2.45. The van der Waals surface area contributed by atoms with Gasteiger partial charge >= 0.3 is 6.09 Å². The van der Waals surface area contributed by atoms with E-state index in [-0.39, 0.29) is 0 Å². The topological polar surface area (TPSA) is 51.2 Å². The molecule has 0 saturated carbocycles. The van der Waals surface area contributed by atoms with Crippen molar-refractivity contribution in [2.24, 2.45) is 0 Å². The van der Waals surface area contributed by atoms with Crippen LogP contribution in [0.25, 0.3) is 5.57 Å². The summed E-state index contributed by atoms with van der Waals surface area (Å²) in [5.74, 6) is 0. The van der Waals surface area contributed by atoms with Gasteiger partial charge in [-0.05, 0) is 45.6 Å². The van der Waals surface area contributed by atoms with Gasteiger partial charge in [-0.1, -0.05) is 17.4 Å². The Hall–Kier alpha value is -1.36. The molecular weight excluding hydrogens is 248 g/mol. The van der Waals surface area contributed by atoms with Gasteiger partial charge in [0.1, 0.15) is 15.6 Å². The Kier molecular flexibility index (Phi) is 3.71. The first-order chi connectivity index (χ1) is 8.44. The number of ether oxygens (including phenoxy) is 1. The minimum absolute atomic E-state index is 0.432. The predicted molar refractivity (Wildman–Crippen MR) is 73.8 cm³/mol. The maximum absolute atomic E-state index is 11.6. The number of thiazole rings is 1. The van der Waals surface area contributed by atoms with E-state index >= 15 is 0 Å². The zero-order chi connectivity index (χ0) is 13.2. The Morgan fingerprint density at radius 1 is 1.50 bits per heavy atom. The second kappa shape index (κ2) is 5.10. The Morgan fingerprint density at radius 3 is 2.89 bits per heavy atom. The van der Waals surface area contributed by atoms with E-state index < -0.39 is 11.7 Å². The lowest BCUT2D eigenvalue weighted by atomic mass is 10.2. The molecule has 0 radical (unpaired) electrons. The van der Waals surface area contributed by atoms with Gasteiger partial charge in [0.15, 0.2) is 0 Å². The molecule has 0 aliphatic heterocycles.